The maximum atomic E-state index is 12.1. The van der Waals surface area contributed by atoms with Crippen molar-refractivity contribution in [3.8, 4) is 0 Å². The Hall–Kier alpha value is -1.41. The van der Waals surface area contributed by atoms with Gasteiger partial charge in [-0.05, 0) is 31.5 Å². The van der Waals surface area contributed by atoms with Crippen LogP contribution in [0, 0.1) is 5.41 Å². The molecule has 1 saturated heterocycles. The molecule has 0 saturated carbocycles. The first-order valence-corrected chi connectivity index (χ1v) is 11.4. The lowest BCUT2D eigenvalue weighted by atomic mass is 9.95. The van der Waals surface area contributed by atoms with Gasteiger partial charge in [0.25, 0.3) is 0 Å². The second-order valence-electron chi connectivity index (χ2n) is 7.90. The van der Waals surface area contributed by atoms with E-state index in [9.17, 15) is 4.79 Å². The molecule has 0 atom stereocenters. The van der Waals surface area contributed by atoms with Gasteiger partial charge in [0.1, 0.15) is 5.82 Å². The standard InChI is InChI=1S/C20H27Cl2N5OS/c1-20(2,14-21)18(28)23-7-8-26-9-11-27(12-10-26)19-24-17(25-29-19)13-15-3-5-16(22)6-4-15/h3-6H,7-14H2,1-2H3,(H,23,28). The summed E-state index contributed by atoms with van der Waals surface area (Å²) in [5, 5.41) is 4.70. The van der Waals surface area contributed by atoms with Crippen molar-refractivity contribution >= 4 is 45.8 Å². The second kappa shape index (κ2) is 10.1. The zero-order valence-corrected chi connectivity index (χ0v) is 19.2. The minimum absolute atomic E-state index is 0.00760. The highest BCUT2D eigenvalue weighted by molar-refractivity contribution is 7.09. The normalized spacial score (nSPS) is 15.5. The number of piperazine rings is 1. The number of nitrogens with zero attached hydrogens (tertiary/aromatic N) is 4. The van der Waals surface area contributed by atoms with E-state index in [4.69, 9.17) is 28.2 Å². The van der Waals surface area contributed by atoms with Crippen molar-refractivity contribution < 1.29 is 4.79 Å². The van der Waals surface area contributed by atoms with Gasteiger partial charge < -0.3 is 10.2 Å². The number of alkyl halides is 1. The molecule has 0 unspecified atom stereocenters. The Morgan fingerprint density at radius 1 is 1.21 bits per heavy atom. The van der Waals surface area contributed by atoms with E-state index < -0.39 is 5.41 Å². The molecule has 9 heteroatoms. The molecular weight excluding hydrogens is 429 g/mol. The molecule has 1 fully saturated rings. The number of anilines is 1. The van der Waals surface area contributed by atoms with Crippen LogP contribution in [0.2, 0.25) is 5.02 Å². The molecule has 158 valence electrons. The maximum Gasteiger partial charge on any atom is 0.226 e. The van der Waals surface area contributed by atoms with E-state index in [1.54, 1.807) is 0 Å². The van der Waals surface area contributed by atoms with Gasteiger partial charge in [-0.25, -0.2) is 4.98 Å². The largest absolute Gasteiger partial charge is 0.354 e. The number of rotatable bonds is 8. The van der Waals surface area contributed by atoms with Crippen LogP contribution in [0.4, 0.5) is 5.13 Å². The first kappa shape index (κ1) is 22.3. The predicted octanol–water partition coefficient (Wildman–Crippen LogP) is 3.29. The average molecular weight is 456 g/mol. The van der Waals surface area contributed by atoms with Crippen molar-refractivity contribution in [1.29, 1.82) is 0 Å². The van der Waals surface area contributed by atoms with Gasteiger partial charge in [-0.1, -0.05) is 23.7 Å². The van der Waals surface area contributed by atoms with E-state index in [1.807, 2.05) is 38.1 Å². The van der Waals surface area contributed by atoms with Crippen LogP contribution in [0.15, 0.2) is 24.3 Å². The van der Waals surface area contributed by atoms with Gasteiger partial charge in [-0.3, -0.25) is 9.69 Å². The lowest BCUT2D eigenvalue weighted by molar-refractivity contribution is -0.128. The molecule has 1 aliphatic heterocycles. The summed E-state index contributed by atoms with van der Waals surface area (Å²) in [6, 6.07) is 7.80. The number of benzene rings is 1. The minimum Gasteiger partial charge on any atom is -0.354 e. The Labute approximate surface area is 186 Å². The van der Waals surface area contributed by atoms with E-state index in [2.05, 4.69) is 19.5 Å². The number of carbonyl (C=O) groups excluding carboxylic acids is 1. The molecule has 29 heavy (non-hydrogen) atoms. The van der Waals surface area contributed by atoms with E-state index in [-0.39, 0.29) is 5.91 Å². The molecule has 1 aromatic heterocycles. The fourth-order valence-electron chi connectivity index (χ4n) is 3.02. The van der Waals surface area contributed by atoms with Crippen molar-refractivity contribution in [3.05, 3.63) is 40.7 Å². The van der Waals surface area contributed by atoms with Gasteiger partial charge in [0.05, 0.1) is 5.41 Å². The van der Waals surface area contributed by atoms with Gasteiger partial charge in [-0.15, -0.1) is 11.6 Å². The molecule has 1 N–H and O–H groups in total. The smallest absolute Gasteiger partial charge is 0.226 e. The summed E-state index contributed by atoms with van der Waals surface area (Å²) in [5.41, 5.74) is 0.630. The minimum atomic E-state index is -0.526. The lowest BCUT2D eigenvalue weighted by Gasteiger charge is -2.34. The highest BCUT2D eigenvalue weighted by Crippen LogP contribution is 2.21. The summed E-state index contributed by atoms with van der Waals surface area (Å²) in [7, 11) is 0. The first-order valence-electron chi connectivity index (χ1n) is 9.76. The van der Waals surface area contributed by atoms with Crippen LogP contribution >= 0.6 is 34.7 Å². The summed E-state index contributed by atoms with van der Waals surface area (Å²) >= 11 is 13.2. The molecule has 0 bridgehead atoms. The number of carbonyl (C=O) groups is 1. The third-order valence-electron chi connectivity index (χ3n) is 5.04. The molecule has 6 nitrogen and oxygen atoms in total. The van der Waals surface area contributed by atoms with Crippen molar-refractivity contribution in [2.24, 2.45) is 5.41 Å². The number of aromatic nitrogens is 2. The van der Waals surface area contributed by atoms with Gasteiger partial charge >= 0.3 is 0 Å². The molecule has 2 aromatic rings. The third-order valence-corrected chi connectivity index (χ3v) is 6.77. The summed E-state index contributed by atoms with van der Waals surface area (Å²) < 4.78 is 4.51. The summed E-state index contributed by atoms with van der Waals surface area (Å²) in [5.74, 6) is 1.17. The summed E-state index contributed by atoms with van der Waals surface area (Å²) in [6.45, 7) is 8.92. The Kier molecular flexibility index (Phi) is 7.73. The highest BCUT2D eigenvalue weighted by Gasteiger charge is 2.26. The van der Waals surface area contributed by atoms with E-state index in [0.29, 0.717) is 18.8 Å². The van der Waals surface area contributed by atoms with Crippen LogP contribution in [-0.2, 0) is 11.2 Å². The summed E-state index contributed by atoms with van der Waals surface area (Å²) in [4.78, 5) is 21.4. The van der Waals surface area contributed by atoms with Gasteiger partial charge in [0, 0.05) is 68.1 Å². The van der Waals surface area contributed by atoms with Crippen LogP contribution in [0.3, 0.4) is 0 Å². The van der Waals surface area contributed by atoms with Gasteiger partial charge in [-0.2, -0.15) is 4.37 Å². The number of hydrogen-bond acceptors (Lipinski definition) is 6. The van der Waals surface area contributed by atoms with Crippen LogP contribution < -0.4 is 10.2 Å². The maximum absolute atomic E-state index is 12.1. The monoisotopic (exact) mass is 455 g/mol. The Bertz CT molecular complexity index is 803. The zero-order valence-electron chi connectivity index (χ0n) is 16.8. The Balaban J connectivity index is 1.42. The Morgan fingerprint density at radius 2 is 1.90 bits per heavy atom. The molecule has 0 aliphatic carbocycles. The molecule has 0 radical (unpaired) electrons. The van der Waals surface area contributed by atoms with Crippen molar-refractivity contribution in [2.45, 2.75) is 20.3 Å². The quantitative estimate of drug-likeness (QED) is 0.618. The van der Waals surface area contributed by atoms with Crippen LogP contribution in [0.25, 0.3) is 0 Å². The third kappa shape index (κ3) is 6.28. The van der Waals surface area contributed by atoms with Crippen LogP contribution in [-0.4, -0.2) is 65.3 Å². The number of halogens is 2. The summed E-state index contributed by atoms with van der Waals surface area (Å²) in [6.07, 6.45) is 0.714. The van der Waals surface area contributed by atoms with E-state index in [0.717, 1.165) is 54.3 Å². The fourth-order valence-corrected chi connectivity index (χ4v) is 4.00. The van der Waals surface area contributed by atoms with Crippen LogP contribution in [0.1, 0.15) is 25.2 Å². The van der Waals surface area contributed by atoms with Crippen molar-refractivity contribution in [3.63, 3.8) is 0 Å². The number of amides is 1. The predicted molar refractivity (Wildman–Crippen MR) is 120 cm³/mol. The molecule has 3 rings (SSSR count). The molecule has 1 aliphatic rings. The molecule has 1 aromatic carbocycles. The second-order valence-corrected chi connectivity index (χ2v) is 9.33. The zero-order chi connectivity index (χ0) is 20.9. The fraction of sp³-hybridized carbons (Fsp3) is 0.550. The SMILES string of the molecule is CC(C)(CCl)C(=O)NCCN1CCN(c2nc(Cc3ccc(Cl)cc3)ns2)CC1. The highest BCUT2D eigenvalue weighted by atomic mass is 35.5. The molecule has 0 spiro atoms. The van der Waals surface area contributed by atoms with E-state index >= 15 is 0 Å². The van der Waals surface area contributed by atoms with Crippen molar-refractivity contribution in [2.75, 3.05) is 50.0 Å². The molecular formula is C20H27Cl2N5OS. The average Bonchev–Trinajstić information content (AvgIpc) is 3.18. The van der Waals surface area contributed by atoms with Crippen LogP contribution in [0.5, 0.6) is 0 Å². The first-order chi connectivity index (χ1) is 13.9. The molecule has 1 amide bonds. The Morgan fingerprint density at radius 3 is 2.55 bits per heavy atom. The lowest BCUT2D eigenvalue weighted by Crippen LogP contribution is -2.49. The topological polar surface area (TPSA) is 61.4 Å². The van der Waals surface area contributed by atoms with Crippen molar-refractivity contribution in [1.82, 2.24) is 19.6 Å². The molecule has 2 heterocycles. The van der Waals surface area contributed by atoms with Gasteiger partial charge in [0.2, 0.25) is 11.0 Å². The number of nitrogens with one attached hydrogen (secondary N) is 1. The van der Waals surface area contributed by atoms with Gasteiger partial charge in [0.15, 0.2) is 0 Å². The number of hydrogen-bond donors (Lipinski definition) is 1. The van der Waals surface area contributed by atoms with E-state index in [1.165, 1.54) is 11.5 Å².